The number of nitrogens with zero attached hydrogens (tertiary/aromatic N) is 1. The summed E-state index contributed by atoms with van der Waals surface area (Å²) in [6.45, 7) is 1.93. The number of amides is 1. The van der Waals surface area contributed by atoms with Crippen molar-refractivity contribution in [2.24, 2.45) is 5.41 Å². The van der Waals surface area contributed by atoms with Crippen molar-refractivity contribution in [2.75, 3.05) is 0 Å². The molecular formula is C14H20N2O. The minimum absolute atomic E-state index is 0.174. The Labute approximate surface area is 104 Å². The van der Waals surface area contributed by atoms with Crippen LogP contribution in [0.15, 0.2) is 0 Å². The van der Waals surface area contributed by atoms with Crippen molar-refractivity contribution in [3.8, 4) is 18.4 Å². The van der Waals surface area contributed by atoms with Crippen LogP contribution in [0.1, 0.15) is 51.9 Å². The van der Waals surface area contributed by atoms with Gasteiger partial charge in [0.05, 0.1) is 12.1 Å². The lowest BCUT2D eigenvalue weighted by atomic mass is 9.80. The molecular weight excluding hydrogens is 212 g/mol. The smallest absolute Gasteiger partial charge is 0.241 e. The minimum Gasteiger partial charge on any atom is -0.341 e. The van der Waals surface area contributed by atoms with Gasteiger partial charge in [0.1, 0.15) is 5.41 Å². The van der Waals surface area contributed by atoms with Gasteiger partial charge in [0.15, 0.2) is 0 Å². The molecule has 1 unspecified atom stereocenters. The Hall–Kier alpha value is -1.48. The Balaban J connectivity index is 2.75. The van der Waals surface area contributed by atoms with Crippen molar-refractivity contribution in [1.29, 1.82) is 5.26 Å². The van der Waals surface area contributed by atoms with Crippen molar-refractivity contribution >= 4 is 5.91 Å². The van der Waals surface area contributed by atoms with Crippen LogP contribution in [0.25, 0.3) is 0 Å². The molecule has 0 bridgehead atoms. The molecule has 0 aromatic rings. The fourth-order valence-corrected chi connectivity index (χ4v) is 2.28. The van der Waals surface area contributed by atoms with Crippen molar-refractivity contribution in [1.82, 2.24) is 5.32 Å². The molecule has 1 N–H and O–H groups in total. The molecule has 0 aliphatic heterocycles. The number of terminal acetylenes is 1. The first kappa shape index (κ1) is 13.6. The summed E-state index contributed by atoms with van der Waals surface area (Å²) in [7, 11) is 0. The quantitative estimate of drug-likeness (QED) is 0.600. The van der Waals surface area contributed by atoms with Crippen molar-refractivity contribution in [2.45, 2.75) is 57.9 Å². The standard InChI is InChI=1S/C14H20N2O/c1-3-12(4-2)16-13(17)14(11-15)9-7-5-6-8-10-14/h1,12H,4-10H2,2H3,(H,16,17). The zero-order chi connectivity index (χ0) is 12.7. The first-order valence-corrected chi connectivity index (χ1v) is 6.37. The van der Waals surface area contributed by atoms with E-state index in [2.05, 4.69) is 17.3 Å². The summed E-state index contributed by atoms with van der Waals surface area (Å²) < 4.78 is 0. The molecule has 17 heavy (non-hydrogen) atoms. The molecule has 1 fully saturated rings. The van der Waals surface area contributed by atoms with Crippen LogP contribution in [0.2, 0.25) is 0 Å². The van der Waals surface area contributed by atoms with Gasteiger partial charge in [0, 0.05) is 0 Å². The molecule has 0 saturated heterocycles. The minimum atomic E-state index is -0.846. The van der Waals surface area contributed by atoms with Crippen molar-refractivity contribution in [3.63, 3.8) is 0 Å². The number of rotatable bonds is 3. The number of hydrogen-bond donors (Lipinski definition) is 1. The molecule has 1 aliphatic carbocycles. The molecule has 0 radical (unpaired) electrons. The van der Waals surface area contributed by atoms with Gasteiger partial charge >= 0.3 is 0 Å². The Kier molecular flexibility index (Phi) is 5.04. The lowest BCUT2D eigenvalue weighted by Gasteiger charge is -2.25. The zero-order valence-corrected chi connectivity index (χ0v) is 10.5. The third kappa shape index (κ3) is 3.24. The summed E-state index contributed by atoms with van der Waals surface area (Å²) in [6.07, 6.45) is 11.5. The van der Waals surface area contributed by atoms with E-state index in [0.29, 0.717) is 19.3 Å². The highest BCUT2D eigenvalue weighted by molar-refractivity contribution is 5.85. The molecule has 0 aromatic heterocycles. The zero-order valence-electron chi connectivity index (χ0n) is 10.5. The topological polar surface area (TPSA) is 52.9 Å². The van der Waals surface area contributed by atoms with Gasteiger partial charge in [-0.25, -0.2) is 0 Å². The van der Waals surface area contributed by atoms with Crippen LogP contribution >= 0.6 is 0 Å². The van der Waals surface area contributed by atoms with Gasteiger partial charge in [0.2, 0.25) is 5.91 Å². The van der Waals surface area contributed by atoms with E-state index in [9.17, 15) is 10.1 Å². The molecule has 1 aliphatic rings. The maximum Gasteiger partial charge on any atom is 0.241 e. The Bertz CT molecular complexity index is 340. The fourth-order valence-electron chi connectivity index (χ4n) is 2.28. The van der Waals surface area contributed by atoms with Crippen LogP contribution < -0.4 is 5.32 Å². The van der Waals surface area contributed by atoms with Gasteiger partial charge < -0.3 is 5.32 Å². The Morgan fingerprint density at radius 2 is 2.00 bits per heavy atom. The number of nitriles is 1. The second-order valence-corrected chi connectivity index (χ2v) is 4.71. The number of nitrogens with one attached hydrogen (secondary N) is 1. The van der Waals surface area contributed by atoms with Crippen LogP contribution in [0, 0.1) is 29.1 Å². The van der Waals surface area contributed by atoms with Crippen LogP contribution in [0.3, 0.4) is 0 Å². The third-order valence-corrected chi connectivity index (χ3v) is 3.52. The van der Waals surface area contributed by atoms with E-state index in [1.165, 1.54) is 0 Å². The van der Waals surface area contributed by atoms with Gasteiger partial charge in [0.25, 0.3) is 0 Å². The highest BCUT2D eigenvalue weighted by atomic mass is 16.2. The van der Waals surface area contributed by atoms with Gasteiger partial charge in [-0.05, 0) is 19.3 Å². The molecule has 1 saturated carbocycles. The summed E-state index contributed by atoms with van der Waals surface area (Å²) in [6, 6.07) is 1.98. The average Bonchev–Trinajstić information content (AvgIpc) is 2.61. The van der Waals surface area contributed by atoms with Crippen LogP contribution in [-0.2, 0) is 4.79 Å². The third-order valence-electron chi connectivity index (χ3n) is 3.52. The van der Waals surface area contributed by atoms with Gasteiger partial charge in [-0.15, -0.1) is 6.42 Å². The Morgan fingerprint density at radius 1 is 1.41 bits per heavy atom. The van der Waals surface area contributed by atoms with Gasteiger partial charge in [-0.3, -0.25) is 4.79 Å². The first-order chi connectivity index (χ1) is 8.18. The SMILES string of the molecule is C#CC(CC)NC(=O)C1(C#N)CCCCCC1. The summed E-state index contributed by atoms with van der Waals surface area (Å²) in [5.41, 5.74) is -0.846. The molecule has 0 spiro atoms. The van der Waals surface area contributed by atoms with E-state index < -0.39 is 5.41 Å². The maximum atomic E-state index is 12.2. The highest BCUT2D eigenvalue weighted by Crippen LogP contribution is 2.34. The van der Waals surface area contributed by atoms with Crippen LogP contribution in [0.4, 0.5) is 0 Å². The normalized spacial score (nSPS) is 20.4. The second-order valence-electron chi connectivity index (χ2n) is 4.71. The summed E-state index contributed by atoms with van der Waals surface area (Å²) >= 11 is 0. The van der Waals surface area contributed by atoms with Crippen LogP contribution in [0.5, 0.6) is 0 Å². The summed E-state index contributed by atoms with van der Waals surface area (Å²) in [5.74, 6) is 2.36. The summed E-state index contributed by atoms with van der Waals surface area (Å²) in [4.78, 5) is 12.2. The van der Waals surface area contributed by atoms with E-state index in [-0.39, 0.29) is 11.9 Å². The Morgan fingerprint density at radius 3 is 2.41 bits per heavy atom. The molecule has 3 nitrogen and oxygen atoms in total. The molecule has 1 rings (SSSR count). The van der Waals surface area contributed by atoms with Crippen molar-refractivity contribution in [3.05, 3.63) is 0 Å². The average molecular weight is 232 g/mol. The van der Waals surface area contributed by atoms with Crippen molar-refractivity contribution < 1.29 is 4.79 Å². The van der Waals surface area contributed by atoms with E-state index in [1.54, 1.807) is 0 Å². The number of carbonyl (C=O) groups excluding carboxylic acids is 1. The monoisotopic (exact) mass is 232 g/mol. The highest BCUT2D eigenvalue weighted by Gasteiger charge is 2.39. The van der Waals surface area contributed by atoms with E-state index in [1.807, 2.05) is 6.92 Å². The molecule has 0 aromatic carbocycles. The second kappa shape index (κ2) is 6.30. The van der Waals surface area contributed by atoms with Gasteiger partial charge in [-0.2, -0.15) is 5.26 Å². The lowest BCUT2D eigenvalue weighted by Crippen LogP contribution is -2.44. The number of hydrogen-bond acceptors (Lipinski definition) is 2. The van der Waals surface area contributed by atoms with Gasteiger partial charge in [-0.1, -0.05) is 38.5 Å². The van der Waals surface area contributed by atoms with Crippen LogP contribution in [-0.4, -0.2) is 11.9 Å². The van der Waals surface area contributed by atoms with E-state index >= 15 is 0 Å². The molecule has 0 heterocycles. The first-order valence-electron chi connectivity index (χ1n) is 6.37. The lowest BCUT2D eigenvalue weighted by molar-refractivity contribution is -0.129. The fraction of sp³-hybridized carbons (Fsp3) is 0.714. The molecule has 92 valence electrons. The summed E-state index contributed by atoms with van der Waals surface area (Å²) in [5, 5.41) is 12.1. The maximum absolute atomic E-state index is 12.2. The molecule has 3 heteroatoms. The molecule has 1 amide bonds. The molecule has 1 atom stereocenters. The predicted molar refractivity (Wildman–Crippen MR) is 66.8 cm³/mol. The van der Waals surface area contributed by atoms with E-state index in [4.69, 9.17) is 6.42 Å². The predicted octanol–water partition coefficient (Wildman–Crippen LogP) is 2.38. The number of carbonyl (C=O) groups is 1. The van der Waals surface area contributed by atoms with E-state index in [0.717, 1.165) is 25.7 Å². The largest absolute Gasteiger partial charge is 0.341 e.